The molecule has 1 spiro atoms. The molecule has 2 fully saturated rings. The minimum atomic E-state index is -1.13. The van der Waals surface area contributed by atoms with Gasteiger partial charge in [-0.1, -0.05) is 29.4 Å². The number of halogens is 1. The molecule has 2 aliphatic rings. The summed E-state index contributed by atoms with van der Waals surface area (Å²) in [5.41, 5.74) is 12.6. The first-order chi connectivity index (χ1) is 15.6. The summed E-state index contributed by atoms with van der Waals surface area (Å²) in [6.07, 6.45) is 3.60. The Morgan fingerprint density at radius 3 is 2.70 bits per heavy atom. The lowest BCUT2D eigenvalue weighted by atomic mass is 9.75. The van der Waals surface area contributed by atoms with Crippen LogP contribution in [0.1, 0.15) is 33.6 Å². The molecule has 0 amide bonds. The number of aromatic nitrogens is 2. The number of rotatable bonds is 5. The number of hydrogen-bond acceptors (Lipinski definition) is 8. The largest absolute Gasteiger partial charge is 0.397 e. The Morgan fingerprint density at radius 2 is 2.03 bits per heavy atom. The van der Waals surface area contributed by atoms with Crippen LogP contribution < -0.4 is 21.1 Å². The van der Waals surface area contributed by atoms with E-state index in [4.69, 9.17) is 27.8 Å². The van der Waals surface area contributed by atoms with Gasteiger partial charge in [0.2, 0.25) is 0 Å². The molecule has 1 aromatic heterocycles. The molecule has 8 nitrogen and oxygen atoms in total. The van der Waals surface area contributed by atoms with E-state index < -0.39 is 11.0 Å². The molecule has 2 saturated heterocycles. The molecule has 0 bridgehead atoms. The lowest BCUT2D eigenvalue weighted by molar-refractivity contribution is 0.131. The third kappa shape index (κ3) is 5.24. The van der Waals surface area contributed by atoms with Gasteiger partial charge in [-0.15, -0.1) is 0 Å². The van der Waals surface area contributed by atoms with E-state index in [0.29, 0.717) is 34.8 Å². The average Bonchev–Trinajstić information content (AvgIpc) is 3.14. The quantitative estimate of drug-likeness (QED) is 0.523. The number of hydrogen-bond donors (Lipinski definition) is 3. The molecule has 2 atom stereocenters. The number of nitrogens with two attached hydrogens (primary N) is 2. The second-order valence-corrected chi connectivity index (χ2v) is 13.0. The molecule has 5 N–H and O–H groups in total. The standard InChI is InChI=1S/C22H31ClN6O2S2/c1-21(2,3)33(30)28-16-12-31-13-22(16)7-9-29(10-8-22)17-11-26-20(19(25)27-17)32-15-6-4-5-14(24)18(15)23/h4-6,11,16,28H,7-10,12-13,24H2,1-3H3,(H2,25,27)/t16-,33-/m1/s1. The number of piperidine rings is 1. The van der Waals surface area contributed by atoms with Crippen molar-refractivity contribution in [3.05, 3.63) is 29.4 Å². The van der Waals surface area contributed by atoms with Gasteiger partial charge >= 0.3 is 0 Å². The van der Waals surface area contributed by atoms with Crippen LogP contribution in [0.3, 0.4) is 0 Å². The van der Waals surface area contributed by atoms with Gasteiger partial charge in [0.05, 0.1) is 51.9 Å². The Morgan fingerprint density at radius 1 is 1.30 bits per heavy atom. The Hall–Kier alpha value is -1.59. The van der Waals surface area contributed by atoms with Crippen molar-refractivity contribution in [3.63, 3.8) is 0 Å². The minimum absolute atomic E-state index is 0.0177. The van der Waals surface area contributed by atoms with E-state index in [1.165, 1.54) is 11.8 Å². The third-order valence-electron chi connectivity index (χ3n) is 6.25. The molecule has 0 aliphatic carbocycles. The van der Waals surface area contributed by atoms with Crippen molar-refractivity contribution < 1.29 is 8.95 Å². The number of anilines is 3. The van der Waals surface area contributed by atoms with Crippen molar-refractivity contribution in [1.29, 1.82) is 0 Å². The average molecular weight is 511 g/mol. The van der Waals surface area contributed by atoms with Gasteiger partial charge in [-0.05, 0) is 45.7 Å². The first-order valence-corrected chi connectivity index (χ1v) is 13.3. The first kappa shape index (κ1) is 24.5. The highest BCUT2D eigenvalue weighted by Crippen LogP contribution is 2.41. The SMILES string of the molecule is CC(C)(C)[S@@](=O)N[C@@H]1COCC12CCN(c1cnc(Sc3cccc(N)c3Cl)c(N)n1)CC2. The van der Waals surface area contributed by atoms with Gasteiger partial charge in [0.15, 0.2) is 5.82 Å². The summed E-state index contributed by atoms with van der Waals surface area (Å²) in [5.74, 6) is 1.12. The molecule has 0 radical (unpaired) electrons. The summed E-state index contributed by atoms with van der Waals surface area (Å²) < 4.78 is 21.5. The summed E-state index contributed by atoms with van der Waals surface area (Å²) in [4.78, 5) is 12.1. The highest BCUT2D eigenvalue weighted by Gasteiger charge is 2.47. The van der Waals surface area contributed by atoms with Crippen LogP contribution in [0.2, 0.25) is 5.02 Å². The van der Waals surface area contributed by atoms with Crippen molar-refractivity contribution in [2.24, 2.45) is 5.41 Å². The molecule has 180 valence electrons. The fourth-order valence-corrected chi connectivity index (χ4v) is 6.11. The zero-order chi connectivity index (χ0) is 23.8. The van der Waals surface area contributed by atoms with E-state index in [2.05, 4.69) is 19.6 Å². The van der Waals surface area contributed by atoms with Crippen LogP contribution in [-0.2, 0) is 15.7 Å². The Kier molecular flexibility index (Phi) is 7.12. The smallest absolute Gasteiger partial charge is 0.158 e. The van der Waals surface area contributed by atoms with E-state index in [1.807, 2.05) is 32.9 Å². The zero-order valence-electron chi connectivity index (χ0n) is 19.1. The molecule has 2 aromatic rings. The van der Waals surface area contributed by atoms with Crippen molar-refractivity contribution >= 4 is 51.7 Å². The van der Waals surface area contributed by atoms with Gasteiger partial charge in [-0.2, -0.15) is 0 Å². The Balaban J connectivity index is 1.42. The van der Waals surface area contributed by atoms with E-state index >= 15 is 0 Å². The second-order valence-electron chi connectivity index (χ2n) is 9.60. The van der Waals surface area contributed by atoms with Crippen LogP contribution in [0.4, 0.5) is 17.3 Å². The van der Waals surface area contributed by atoms with Crippen LogP contribution in [0.25, 0.3) is 0 Å². The van der Waals surface area contributed by atoms with Crippen LogP contribution in [0.5, 0.6) is 0 Å². The number of ether oxygens (including phenoxy) is 1. The maximum absolute atomic E-state index is 12.7. The van der Waals surface area contributed by atoms with Gasteiger partial charge in [0.25, 0.3) is 0 Å². The number of nitrogens with zero attached hydrogens (tertiary/aromatic N) is 3. The van der Waals surface area contributed by atoms with E-state index in [9.17, 15) is 4.21 Å². The summed E-state index contributed by atoms with van der Waals surface area (Å²) >= 11 is 7.65. The lowest BCUT2D eigenvalue weighted by Gasteiger charge is -2.42. The summed E-state index contributed by atoms with van der Waals surface area (Å²) in [7, 11) is -1.13. The molecule has 0 unspecified atom stereocenters. The molecular formula is C22H31ClN6O2S2. The minimum Gasteiger partial charge on any atom is -0.397 e. The molecule has 1 aromatic carbocycles. The number of benzene rings is 1. The Bertz CT molecular complexity index is 1040. The van der Waals surface area contributed by atoms with Crippen molar-refractivity contribution in [2.45, 2.75) is 54.3 Å². The van der Waals surface area contributed by atoms with Gasteiger partial charge in [-0.25, -0.2) is 18.9 Å². The molecule has 4 rings (SSSR count). The maximum atomic E-state index is 12.7. The topological polar surface area (TPSA) is 119 Å². The molecule has 3 heterocycles. The summed E-state index contributed by atoms with van der Waals surface area (Å²) in [5, 5.41) is 1.08. The van der Waals surface area contributed by atoms with Gasteiger partial charge in [0, 0.05) is 23.4 Å². The molecule has 0 saturated carbocycles. The molecule has 33 heavy (non-hydrogen) atoms. The highest BCUT2D eigenvalue weighted by atomic mass is 35.5. The van der Waals surface area contributed by atoms with Gasteiger partial charge in [0.1, 0.15) is 10.8 Å². The van der Waals surface area contributed by atoms with E-state index in [-0.39, 0.29) is 16.2 Å². The van der Waals surface area contributed by atoms with Crippen molar-refractivity contribution in [1.82, 2.24) is 14.7 Å². The normalized spacial score (nSPS) is 21.5. The van der Waals surface area contributed by atoms with Gasteiger partial charge in [-0.3, -0.25) is 0 Å². The maximum Gasteiger partial charge on any atom is 0.158 e. The number of nitrogen functional groups attached to an aromatic ring is 2. The summed E-state index contributed by atoms with van der Waals surface area (Å²) in [6, 6.07) is 5.56. The van der Waals surface area contributed by atoms with Crippen molar-refractivity contribution in [2.75, 3.05) is 42.7 Å². The zero-order valence-corrected chi connectivity index (χ0v) is 21.5. The molecular weight excluding hydrogens is 480 g/mol. The van der Waals surface area contributed by atoms with E-state index in [0.717, 1.165) is 36.6 Å². The predicted molar refractivity (Wildman–Crippen MR) is 136 cm³/mol. The number of nitrogens with one attached hydrogen (secondary N) is 1. The predicted octanol–water partition coefficient (Wildman–Crippen LogP) is 3.48. The Labute approximate surface area is 206 Å². The van der Waals surface area contributed by atoms with Gasteiger partial charge < -0.3 is 21.1 Å². The van der Waals surface area contributed by atoms with Crippen LogP contribution in [0.15, 0.2) is 34.3 Å². The third-order valence-corrected chi connectivity index (χ3v) is 9.47. The summed E-state index contributed by atoms with van der Waals surface area (Å²) in [6.45, 7) is 8.83. The molecule has 2 aliphatic heterocycles. The van der Waals surface area contributed by atoms with Crippen LogP contribution in [0, 0.1) is 5.41 Å². The molecule has 11 heteroatoms. The first-order valence-electron chi connectivity index (χ1n) is 10.9. The van der Waals surface area contributed by atoms with E-state index in [1.54, 1.807) is 12.3 Å². The fraction of sp³-hybridized carbons (Fsp3) is 0.545. The van der Waals surface area contributed by atoms with Crippen LogP contribution >= 0.6 is 23.4 Å². The van der Waals surface area contributed by atoms with Crippen LogP contribution in [-0.4, -0.2) is 51.3 Å². The fourth-order valence-electron chi connectivity index (χ4n) is 4.12. The lowest BCUT2D eigenvalue weighted by Crippen LogP contribution is -2.53. The van der Waals surface area contributed by atoms with Crippen molar-refractivity contribution in [3.8, 4) is 0 Å². The highest BCUT2D eigenvalue weighted by molar-refractivity contribution is 7.99. The monoisotopic (exact) mass is 510 g/mol. The second kappa shape index (κ2) is 9.58.